The average Bonchev–Trinajstić information content (AvgIpc) is 3.24. The Morgan fingerprint density at radius 2 is 1.77 bits per heavy atom. The van der Waals surface area contributed by atoms with E-state index in [1.165, 1.54) is 19.3 Å². The van der Waals surface area contributed by atoms with Gasteiger partial charge >= 0.3 is 0 Å². The molecule has 1 saturated carbocycles. The fourth-order valence-electron chi connectivity index (χ4n) is 4.06. The van der Waals surface area contributed by atoms with Gasteiger partial charge in [0.1, 0.15) is 0 Å². The predicted octanol–water partition coefficient (Wildman–Crippen LogP) is 1.28. The van der Waals surface area contributed by atoms with Gasteiger partial charge in [-0.25, -0.2) is 0 Å². The molecule has 2 saturated heterocycles. The van der Waals surface area contributed by atoms with Gasteiger partial charge in [0, 0.05) is 32.1 Å². The van der Waals surface area contributed by atoms with Crippen molar-refractivity contribution < 1.29 is 9.59 Å². The summed E-state index contributed by atoms with van der Waals surface area (Å²) in [6.07, 6.45) is 8.89. The van der Waals surface area contributed by atoms with Crippen LogP contribution in [0.4, 0.5) is 0 Å². The van der Waals surface area contributed by atoms with Crippen LogP contribution in [-0.4, -0.2) is 48.9 Å². The maximum atomic E-state index is 12.4. The Bertz CT molecular complexity index is 401. The molecule has 3 aliphatic rings. The van der Waals surface area contributed by atoms with Crippen LogP contribution in [-0.2, 0) is 9.59 Å². The lowest BCUT2D eigenvalue weighted by molar-refractivity contribution is -0.132. The highest BCUT2D eigenvalue weighted by molar-refractivity contribution is 5.82. The summed E-state index contributed by atoms with van der Waals surface area (Å²) in [6.45, 7) is 3.39. The zero-order valence-electron chi connectivity index (χ0n) is 13.5. The number of hydrogen-bond acceptors (Lipinski definition) is 3. The molecule has 0 aromatic carbocycles. The molecule has 2 atom stereocenters. The Morgan fingerprint density at radius 1 is 1.05 bits per heavy atom. The van der Waals surface area contributed by atoms with Crippen molar-refractivity contribution in [2.45, 2.75) is 57.4 Å². The summed E-state index contributed by atoms with van der Waals surface area (Å²) >= 11 is 0. The first-order chi connectivity index (χ1) is 10.7. The Morgan fingerprint density at radius 3 is 2.50 bits per heavy atom. The van der Waals surface area contributed by atoms with Gasteiger partial charge in [0.2, 0.25) is 11.8 Å². The highest BCUT2D eigenvalue weighted by Crippen LogP contribution is 2.24. The number of rotatable bonds is 4. The average molecular weight is 307 g/mol. The monoisotopic (exact) mass is 307 g/mol. The molecular formula is C17H29N3O2. The Balaban J connectivity index is 1.39. The minimum atomic E-state index is -0.0327. The third kappa shape index (κ3) is 3.80. The molecule has 2 N–H and O–H groups in total. The summed E-state index contributed by atoms with van der Waals surface area (Å²) < 4.78 is 0. The van der Waals surface area contributed by atoms with Crippen molar-refractivity contribution >= 4 is 11.8 Å². The largest absolute Gasteiger partial charge is 0.356 e. The normalized spacial score (nSPS) is 29.7. The van der Waals surface area contributed by atoms with Gasteiger partial charge in [0.05, 0.1) is 6.04 Å². The number of likely N-dealkylation sites (tertiary alicyclic amines) is 1. The van der Waals surface area contributed by atoms with Crippen LogP contribution in [0.1, 0.15) is 51.4 Å². The molecule has 22 heavy (non-hydrogen) atoms. The summed E-state index contributed by atoms with van der Waals surface area (Å²) in [7, 11) is 0. The highest BCUT2D eigenvalue weighted by Gasteiger charge is 2.33. The van der Waals surface area contributed by atoms with Crippen molar-refractivity contribution in [2.75, 3.05) is 26.2 Å². The van der Waals surface area contributed by atoms with Crippen LogP contribution in [0.25, 0.3) is 0 Å². The molecular weight excluding hydrogens is 278 g/mol. The molecule has 3 rings (SSSR count). The standard InChI is InChI=1S/C17H29N3O2/c21-16(14-6-2-1-3-7-14)19-12-13-10-15(18-11-13)17(22)20-8-4-5-9-20/h13-15,18H,1-12H2,(H,19,21)/t13-,15-/m0/s1. The lowest BCUT2D eigenvalue weighted by Gasteiger charge is -2.22. The maximum absolute atomic E-state index is 12.4. The number of nitrogens with zero attached hydrogens (tertiary/aromatic N) is 1. The zero-order chi connectivity index (χ0) is 15.4. The quantitative estimate of drug-likeness (QED) is 0.822. The predicted molar refractivity (Wildman–Crippen MR) is 85.3 cm³/mol. The van der Waals surface area contributed by atoms with E-state index in [4.69, 9.17) is 0 Å². The second kappa shape index (κ2) is 7.44. The van der Waals surface area contributed by atoms with Crippen LogP contribution >= 0.6 is 0 Å². The number of hydrogen-bond donors (Lipinski definition) is 2. The summed E-state index contributed by atoms with van der Waals surface area (Å²) in [4.78, 5) is 26.5. The van der Waals surface area contributed by atoms with Crippen LogP contribution in [0.3, 0.4) is 0 Å². The molecule has 5 nitrogen and oxygen atoms in total. The van der Waals surface area contributed by atoms with Gasteiger partial charge in [-0.2, -0.15) is 0 Å². The van der Waals surface area contributed by atoms with E-state index in [1.807, 2.05) is 4.90 Å². The van der Waals surface area contributed by atoms with E-state index >= 15 is 0 Å². The van der Waals surface area contributed by atoms with E-state index < -0.39 is 0 Å². The summed E-state index contributed by atoms with van der Waals surface area (Å²) in [6, 6.07) is -0.0327. The van der Waals surface area contributed by atoms with Crippen LogP contribution in [0.2, 0.25) is 0 Å². The molecule has 124 valence electrons. The maximum Gasteiger partial charge on any atom is 0.239 e. The van der Waals surface area contributed by atoms with Gasteiger partial charge in [-0.1, -0.05) is 19.3 Å². The van der Waals surface area contributed by atoms with Crippen LogP contribution < -0.4 is 10.6 Å². The number of carbonyl (C=O) groups excluding carboxylic acids is 2. The molecule has 0 radical (unpaired) electrons. The van der Waals surface area contributed by atoms with Crippen LogP contribution in [0.5, 0.6) is 0 Å². The second-order valence-electron chi connectivity index (χ2n) is 7.18. The van der Waals surface area contributed by atoms with Gasteiger partial charge in [0.15, 0.2) is 0 Å². The van der Waals surface area contributed by atoms with E-state index in [0.717, 1.165) is 51.7 Å². The molecule has 0 bridgehead atoms. The molecule has 5 heteroatoms. The van der Waals surface area contributed by atoms with E-state index in [9.17, 15) is 9.59 Å². The lowest BCUT2D eigenvalue weighted by atomic mass is 9.88. The van der Waals surface area contributed by atoms with Crippen molar-refractivity contribution in [3.63, 3.8) is 0 Å². The molecule has 0 unspecified atom stereocenters. The molecule has 1 aliphatic carbocycles. The van der Waals surface area contributed by atoms with Crippen LogP contribution in [0, 0.1) is 11.8 Å². The highest BCUT2D eigenvalue weighted by atomic mass is 16.2. The third-order valence-electron chi connectivity index (χ3n) is 5.48. The zero-order valence-corrected chi connectivity index (χ0v) is 13.5. The fourth-order valence-corrected chi connectivity index (χ4v) is 4.06. The SMILES string of the molecule is O=C(NC[C@@H]1CN[C@H](C(=O)N2CCCC2)C1)C1CCCCC1. The van der Waals surface area contributed by atoms with Gasteiger partial charge in [0.25, 0.3) is 0 Å². The third-order valence-corrected chi connectivity index (χ3v) is 5.48. The summed E-state index contributed by atoms with van der Waals surface area (Å²) in [5.41, 5.74) is 0. The van der Waals surface area contributed by atoms with Gasteiger partial charge in [-0.3, -0.25) is 9.59 Å². The van der Waals surface area contributed by atoms with E-state index in [0.29, 0.717) is 12.5 Å². The van der Waals surface area contributed by atoms with E-state index in [2.05, 4.69) is 10.6 Å². The Kier molecular flexibility index (Phi) is 5.34. The molecule has 3 fully saturated rings. The van der Waals surface area contributed by atoms with Crippen molar-refractivity contribution in [3.8, 4) is 0 Å². The minimum absolute atomic E-state index is 0.0327. The Hall–Kier alpha value is -1.10. The molecule has 0 aromatic heterocycles. The van der Waals surface area contributed by atoms with Crippen LogP contribution in [0.15, 0.2) is 0 Å². The first-order valence-corrected chi connectivity index (χ1v) is 9.04. The number of nitrogens with one attached hydrogen (secondary N) is 2. The van der Waals surface area contributed by atoms with Crippen molar-refractivity contribution in [1.29, 1.82) is 0 Å². The molecule has 0 spiro atoms. The minimum Gasteiger partial charge on any atom is -0.356 e. The molecule has 2 aliphatic heterocycles. The fraction of sp³-hybridized carbons (Fsp3) is 0.882. The smallest absolute Gasteiger partial charge is 0.239 e. The Labute approximate surface area is 133 Å². The van der Waals surface area contributed by atoms with E-state index in [1.54, 1.807) is 0 Å². The topological polar surface area (TPSA) is 61.4 Å². The van der Waals surface area contributed by atoms with E-state index in [-0.39, 0.29) is 23.8 Å². The number of amides is 2. The summed E-state index contributed by atoms with van der Waals surface area (Å²) in [5.74, 6) is 1.11. The second-order valence-corrected chi connectivity index (χ2v) is 7.18. The van der Waals surface area contributed by atoms with Gasteiger partial charge < -0.3 is 15.5 Å². The number of carbonyl (C=O) groups is 2. The molecule has 0 aromatic rings. The lowest BCUT2D eigenvalue weighted by Crippen LogP contribution is -2.42. The first kappa shape index (κ1) is 15.8. The summed E-state index contributed by atoms with van der Waals surface area (Å²) in [5, 5.41) is 6.46. The molecule has 2 heterocycles. The van der Waals surface area contributed by atoms with Gasteiger partial charge in [-0.05, 0) is 38.0 Å². The van der Waals surface area contributed by atoms with Crippen molar-refractivity contribution in [3.05, 3.63) is 0 Å². The molecule has 2 amide bonds. The van der Waals surface area contributed by atoms with Gasteiger partial charge in [-0.15, -0.1) is 0 Å². The first-order valence-electron chi connectivity index (χ1n) is 9.04. The van der Waals surface area contributed by atoms with Crippen molar-refractivity contribution in [1.82, 2.24) is 15.5 Å². The van der Waals surface area contributed by atoms with Crippen molar-refractivity contribution in [2.24, 2.45) is 11.8 Å².